The first kappa shape index (κ1) is 14.8. The van der Waals surface area contributed by atoms with E-state index in [1.807, 2.05) is 6.07 Å². The molecule has 0 bridgehead atoms. The van der Waals surface area contributed by atoms with Crippen molar-refractivity contribution in [1.82, 2.24) is 4.98 Å². The number of carboxylic acids is 1. The van der Waals surface area contributed by atoms with Gasteiger partial charge in [-0.3, -0.25) is 9.78 Å². The molecule has 1 saturated carbocycles. The van der Waals surface area contributed by atoms with Gasteiger partial charge >= 0.3 is 5.97 Å². The van der Waals surface area contributed by atoms with Crippen LogP contribution in [0.5, 0.6) is 5.75 Å². The predicted molar refractivity (Wildman–Crippen MR) is 77.0 cm³/mol. The molecule has 2 rings (SSSR count). The number of aliphatic carboxylic acids is 1. The first-order valence-corrected chi connectivity index (χ1v) is 7.53. The number of pyridine rings is 1. The average molecular weight is 277 g/mol. The summed E-state index contributed by atoms with van der Waals surface area (Å²) in [5.74, 6) is -0.164. The van der Waals surface area contributed by atoms with Gasteiger partial charge in [-0.15, -0.1) is 0 Å². The predicted octanol–water partition coefficient (Wildman–Crippen LogP) is 3.62. The zero-order valence-corrected chi connectivity index (χ0v) is 12.0. The second-order valence-electron chi connectivity index (χ2n) is 5.49. The molecule has 0 saturated heterocycles. The van der Waals surface area contributed by atoms with Crippen LogP contribution >= 0.6 is 0 Å². The summed E-state index contributed by atoms with van der Waals surface area (Å²) in [6.45, 7) is 2.72. The van der Waals surface area contributed by atoms with Crippen LogP contribution in [-0.4, -0.2) is 22.7 Å². The molecule has 2 atom stereocenters. The zero-order valence-electron chi connectivity index (χ0n) is 12.0. The van der Waals surface area contributed by atoms with E-state index >= 15 is 0 Å². The minimum atomic E-state index is -0.684. The monoisotopic (exact) mass is 277 g/mol. The molecule has 0 aliphatic heterocycles. The molecule has 1 aromatic heterocycles. The molecule has 4 heteroatoms. The van der Waals surface area contributed by atoms with Crippen molar-refractivity contribution < 1.29 is 14.6 Å². The minimum absolute atomic E-state index is 0.0627. The van der Waals surface area contributed by atoms with Crippen molar-refractivity contribution in [2.75, 3.05) is 6.61 Å². The molecule has 1 N–H and O–H groups in total. The Bertz CT molecular complexity index is 447. The average Bonchev–Trinajstić information content (AvgIpc) is 2.71. The van der Waals surface area contributed by atoms with Gasteiger partial charge in [-0.25, -0.2) is 0 Å². The molecule has 0 radical (unpaired) electrons. The van der Waals surface area contributed by atoms with Gasteiger partial charge < -0.3 is 9.84 Å². The molecule has 2 unspecified atom stereocenters. The molecule has 1 aliphatic rings. The topological polar surface area (TPSA) is 59.4 Å². The zero-order chi connectivity index (χ0) is 14.4. The summed E-state index contributed by atoms with van der Waals surface area (Å²) in [7, 11) is 0. The molecule has 1 aliphatic carbocycles. The smallest absolute Gasteiger partial charge is 0.307 e. The van der Waals surface area contributed by atoms with E-state index in [0.717, 1.165) is 49.8 Å². The van der Waals surface area contributed by atoms with Gasteiger partial charge in [0.05, 0.1) is 18.7 Å². The molecule has 0 spiro atoms. The van der Waals surface area contributed by atoms with E-state index in [1.165, 1.54) is 0 Å². The number of hydrogen-bond donors (Lipinski definition) is 1. The molecular formula is C16H23NO3. The Morgan fingerprint density at radius 3 is 2.90 bits per heavy atom. The summed E-state index contributed by atoms with van der Waals surface area (Å²) in [5.41, 5.74) is 1.01. The van der Waals surface area contributed by atoms with E-state index in [4.69, 9.17) is 4.74 Å². The fourth-order valence-electron chi connectivity index (χ4n) is 2.94. The lowest BCUT2D eigenvalue weighted by molar-refractivity contribution is -0.142. The Labute approximate surface area is 120 Å². The molecule has 4 nitrogen and oxygen atoms in total. The number of ether oxygens (including phenoxy) is 1. The molecule has 0 aromatic carbocycles. The highest BCUT2D eigenvalue weighted by Gasteiger charge is 2.30. The SMILES string of the molecule is CCCOc1cncc(C2CCCCCC2C(=O)O)c1. The molecule has 1 heterocycles. The number of hydrogen-bond acceptors (Lipinski definition) is 3. The van der Waals surface area contributed by atoms with Gasteiger partial charge in [0, 0.05) is 6.20 Å². The van der Waals surface area contributed by atoms with Gasteiger partial charge in [-0.1, -0.05) is 26.2 Å². The Morgan fingerprint density at radius 2 is 2.15 bits per heavy atom. The van der Waals surface area contributed by atoms with Gasteiger partial charge in [-0.2, -0.15) is 0 Å². The highest BCUT2D eigenvalue weighted by atomic mass is 16.5. The van der Waals surface area contributed by atoms with E-state index < -0.39 is 5.97 Å². The van der Waals surface area contributed by atoms with Gasteiger partial charge in [-0.05, 0) is 36.8 Å². The van der Waals surface area contributed by atoms with Crippen molar-refractivity contribution in [2.45, 2.75) is 51.4 Å². The fourth-order valence-corrected chi connectivity index (χ4v) is 2.94. The van der Waals surface area contributed by atoms with Crippen molar-refractivity contribution in [3.8, 4) is 5.75 Å². The van der Waals surface area contributed by atoms with E-state index in [-0.39, 0.29) is 11.8 Å². The number of carbonyl (C=O) groups is 1. The summed E-state index contributed by atoms with van der Waals surface area (Å²) >= 11 is 0. The Kier molecular flexibility index (Phi) is 5.39. The molecular weight excluding hydrogens is 254 g/mol. The summed E-state index contributed by atoms with van der Waals surface area (Å²) in [5, 5.41) is 9.45. The summed E-state index contributed by atoms with van der Waals surface area (Å²) in [6.07, 6.45) is 9.36. The normalized spacial score (nSPS) is 23.1. The molecule has 0 amide bonds. The Morgan fingerprint density at radius 1 is 1.35 bits per heavy atom. The molecule has 1 fully saturated rings. The van der Waals surface area contributed by atoms with Crippen LogP contribution in [0.1, 0.15) is 56.9 Å². The largest absolute Gasteiger partial charge is 0.492 e. The van der Waals surface area contributed by atoms with Gasteiger partial charge in [0.2, 0.25) is 0 Å². The third-order valence-electron chi connectivity index (χ3n) is 3.97. The highest BCUT2D eigenvalue weighted by Crippen LogP contribution is 2.37. The van der Waals surface area contributed by atoms with Crippen molar-refractivity contribution in [2.24, 2.45) is 5.92 Å². The first-order chi connectivity index (χ1) is 9.72. The number of carboxylic acid groups (broad SMARTS) is 1. The lowest BCUT2D eigenvalue weighted by Gasteiger charge is -2.22. The lowest BCUT2D eigenvalue weighted by Crippen LogP contribution is -2.21. The van der Waals surface area contributed by atoms with E-state index in [0.29, 0.717) is 6.61 Å². The molecule has 110 valence electrons. The quantitative estimate of drug-likeness (QED) is 0.835. The maximum Gasteiger partial charge on any atom is 0.307 e. The van der Waals surface area contributed by atoms with Crippen LogP contribution < -0.4 is 4.74 Å². The number of nitrogens with zero attached hydrogens (tertiary/aromatic N) is 1. The van der Waals surface area contributed by atoms with Crippen LogP contribution in [0, 0.1) is 5.92 Å². The van der Waals surface area contributed by atoms with Crippen LogP contribution in [0.3, 0.4) is 0 Å². The van der Waals surface area contributed by atoms with Crippen molar-refractivity contribution in [3.63, 3.8) is 0 Å². The summed E-state index contributed by atoms with van der Waals surface area (Å²) < 4.78 is 5.60. The van der Waals surface area contributed by atoms with E-state index in [9.17, 15) is 9.90 Å². The Balaban J connectivity index is 2.20. The van der Waals surface area contributed by atoms with Crippen LogP contribution in [0.15, 0.2) is 18.5 Å². The lowest BCUT2D eigenvalue weighted by atomic mass is 9.83. The van der Waals surface area contributed by atoms with Crippen molar-refractivity contribution in [3.05, 3.63) is 24.0 Å². The van der Waals surface area contributed by atoms with Gasteiger partial charge in [0.15, 0.2) is 0 Å². The van der Waals surface area contributed by atoms with Crippen molar-refractivity contribution >= 4 is 5.97 Å². The second-order valence-corrected chi connectivity index (χ2v) is 5.49. The van der Waals surface area contributed by atoms with Crippen LogP contribution in [0.4, 0.5) is 0 Å². The summed E-state index contributed by atoms with van der Waals surface area (Å²) in [6, 6.07) is 1.97. The molecule has 1 aromatic rings. The van der Waals surface area contributed by atoms with Crippen molar-refractivity contribution in [1.29, 1.82) is 0 Å². The molecule has 20 heavy (non-hydrogen) atoms. The van der Waals surface area contributed by atoms with Gasteiger partial charge in [0.25, 0.3) is 0 Å². The number of rotatable bonds is 5. The maximum absolute atomic E-state index is 11.5. The Hall–Kier alpha value is -1.58. The van der Waals surface area contributed by atoms with E-state index in [1.54, 1.807) is 12.4 Å². The van der Waals surface area contributed by atoms with Gasteiger partial charge in [0.1, 0.15) is 5.75 Å². The fraction of sp³-hybridized carbons (Fsp3) is 0.625. The van der Waals surface area contributed by atoms with E-state index in [2.05, 4.69) is 11.9 Å². The first-order valence-electron chi connectivity index (χ1n) is 7.53. The second kappa shape index (κ2) is 7.27. The third kappa shape index (κ3) is 3.71. The van der Waals surface area contributed by atoms with Crippen LogP contribution in [0.25, 0.3) is 0 Å². The standard InChI is InChI=1S/C16H23NO3/c1-2-8-20-13-9-12(10-17-11-13)14-6-4-3-5-7-15(14)16(18)19/h9-11,14-15H,2-8H2,1H3,(H,18,19). The highest BCUT2D eigenvalue weighted by molar-refractivity contribution is 5.71. The third-order valence-corrected chi connectivity index (χ3v) is 3.97. The minimum Gasteiger partial charge on any atom is -0.492 e. The number of aromatic nitrogens is 1. The maximum atomic E-state index is 11.5. The van der Waals surface area contributed by atoms with Crippen LogP contribution in [0.2, 0.25) is 0 Å². The summed E-state index contributed by atoms with van der Waals surface area (Å²) in [4.78, 5) is 15.7. The van der Waals surface area contributed by atoms with Crippen LogP contribution in [-0.2, 0) is 4.79 Å².